The summed E-state index contributed by atoms with van der Waals surface area (Å²) >= 11 is 1.19. The van der Waals surface area contributed by atoms with Gasteiger partial charge in [-0.3, -0.25) is 4.79 Å². The summed E-state index contributed by atoms with van der Waals surface area (Å²) in [5, 5.41) is 9.77. The van der Waals surface area contributed by atoms with Gasteiger partial charge in [0.1, 0.15) is 0 Å². The lowest BCUT2D eigenvalue weighted by atomic mass is 10.1. The summed E-state index contributed by atoms with van der Waals surface area (Å²) < 4.78 is 0. The molecule has 1 N–H and O–H groups in total. The van der Waals surface area contributed by atoms with Gasteiger partial charge in [-0.05, 0) is 19.3 Å². The number of rotatable bonds is 8. The molecule has 2 nitrogen and oxygen atoms in total. The number of allylic oxidation sites excluding steroid dienone is 1. The molecule has 0 heterocycles. The van der Waals surface area contributed by atoms with Gasteiger partial charge in [-0.15, -0.1) is 6.58 Å². The minimum absolute atomic E-state index is 0.0285. The van der Waals surface area contributed by atoms with Crippen LogP contribution in [0.15, 0.2) is 43.0 Å². The third kappa shape index (κ3) is 6.03. The Labute approximate surface area is 113 Å². The molecule has 1 rings (SSSR count). The molecule has 0 spiro atoms. The Morgan fingerprint density at radius 2 is 2.06 bits per heavy atom. The van der Waals surface area contributed by atoms with Crippen LogP contribution in [0.25, 0.3) is 0 Å². The maximum Gasteiger partial charge on any atom is 0.219 e. The van der Waals surface area contributed by atoms with Crippen molar-refractivity contribution < 1.29 is 9.90 Å². The number of thioether (sulfide) groups is 1. The predicted octanol–water partition coefficient (Wildman–Crippen LogP) is 3.67. The van der Waals surface area contributed by atoms with Crippen LogP contribution in [-0.2, 0) is 0 Å². The highest BCUT2D eigenvalue weighted by molar-refractivity contribution is 8.14. The van der Waals surface area contributed by atoms with E-state index in [1.807, 2.05) is 24.3 Å². The summed E-state index contributed by atoms with van der Waals surface area (Å²) in [5.74, 6) is 0.474. The highest BCUT2D eigenvalue weighted by Gasteiger charge is 2.10. The van der Waals surface area contributed by atoms with Crippen LogP contribution in [0.3, 0.4) is 0 Å². The van der Waals surface area contributed by atoms with Gasteiger partial charge in [-0.2, -0.15) is 0 Å². The van der Waals surface area contributed by atoms with E-state index in [2.05, 4.69) is 6.58 Å². The molecule has 0 saturated carbocycles. The molecule has 0 aliphatic carbocycles. The van der Waals surface area contributed by atoms with Gasteiger partial charge < -0.3 is 5.11 Å². The Kier molecular flexibility index (Phi) is 7.46. The number of aliphatic hydroxyl groups excluding tert-OH is 1. The number of benzene rings is 1. The van der Waals surface area contributed by atoms with Gasteiger partial charge in [0.15, 0.2) is 0 Å². The molecule has 1 aromatic rings. The third-order valence-corrected chi connectivity index (χ3v) is 3.66. The fourth-order valence-electron chi connectivity index (χ4n) is 1.58. The van der Waals surface area contributed by atoms with Gasteiger partial charge in [-0.25, -0.2) is 0 Å². The molecule has 1 aromatic carbocycles. The van der Waals surface area contributed by atoms with Crippen molar-refractivity contribution in [1.29, 1.82) is 0 Å². The average molecular weight is 264 g/mol. The van der Waals surface area contributed by atoms with Crippen molar-refractivity contribution in [1.82, 2.24) is 0 Å². The summed E-state index contributed by atoms with van der Waals surface area (Å²) in [6, 6.07) is 9.17. The van der Waals surface area contributed by atoms with E-state index in [0.717, 1.165) is 25.7 Å². The van der Waals surface area contributed by atoms with E-state index in [0.29, 0.717) is 11.3 Å². The highest BCUT2D eigenvalue weighted by Crippen LogP contribution is 2.15. The van der Waals surface area contributed by atoms with Gasteiger partial charge in [0.25, 0.3) is 0 Å². The van der Waals surface area contributed by atoms with Gasteiger partial charge in [0.05, 0.1) is 6.10 Å². The summed E-state index contributed by atoms with van der Waals surface area (Å²) in [6.07, 6.45) is 5.27. The molecule has 3 heteroatoms. The molecule has 0 aliphatic rings. The predicted molar refractivity (Wildman–Crippen MR) is 77.9 cm³/mol. The minimum atomic E-state index is -0.396. The van der Waals surface area contributed by atoms with Crippen LogP contribution in [0, 0.1) is 0 Å². The first-order valence-electron chi connectivity index (χ1n) is 6.25. The Bertz CT molecular complexity index is 362. The van der Waals surface area contributed by atoms with Crippen molar-refractivity contribution in [3.63, 3.8) is 0 Å². The zero-order valence-corrected chi connectivity index (χ0v) is 11.4. The SMILES string of the molecule is C=CCCCCC(O)CSC(=O)c1ccccc1. The van der Waals surface area contributed by atoms with Crippen LogP contribution < -0.4 is 0 Å². The Morgan fingerprint density at radius 1 is 1.33 bits per heavy atom. The number of hydrogen-bond donors (Lipinski definition) is 1. The second-order valence-electron chi connectivity index (χ2n) is 4.19. The van der Waals surface area contributed by atoms with Crippen molar-refractivity contribution in [3.05, 3.63) is 48.6 Å². The van der Waals surface area contributed by atoms with Gasteiger partial charge in [0.2, 0.25) is 5.12 Å². The highest BCUT2D eigenvalue weighted by atomic mass is 32.2. The summed E-state index contributed by atoms with van der Waals surface area (Å²) in [5.41, 5.74) is 0.696. The van der Waals surface area contributed by atoms with Crippen molar-refractivity contribution >= 4 is 16.9 Å². The largest absolute Gasteiger partial charge is 0.392 e. The maximum absolute atomic E-state index is 11.8. The number of hydrogen-bond acceptors (Lipinski definition) is 3. The summed E-state index contributed by atoms with van der Waals surface area (Å²) in [4.78, 5) is 11.8. The normalized spacial score (nSPS) is 12.1. The fourth-order valence-corrected chi connectivity index (χ4v) is 2.39. The van der Waals surface area contributed by atoms with Gasteiger partial charge in [0, 0.05) is 11.3 Å². The van der Waals surface area contributed by atoms with Crippen molar-refractivity contribution in [3.8, 4) is 0 Å². The lowest BCUT2D eigenvalue weighted by Crippen LogP contribution is -2.11. The molecular formula is C15H20O2S. The fraction of sp³-hybridized carbons (Fsp3) is 0.400. The van der Waals surface area contributed by atoms with Crippen LogP contribution in [0.5, 0.6) is 0 Å². The zero-order valence-electron chi connectivity index (χ0n) is 10.5. The van der Waals surface area contributed by atoms with Crippen LogP contribution >= 0.6 is 11.8 Å². The number of carbonyl (C=O) groups is 1. The molecule has 0 aromatic heterocycles. The molecule has 0 radical (unpaired) electrons. The molecule has 18 heavy (non-hydrogen) atoms. The number of carbonyl (C=O) groups excluding carboxylic acids is 1. The van der Waals surface area contributed by atoms with E-state index in [1.54, 1.807) is 12.1 Å². The molecule has 0 amide bonds. The topological polar surface area (TPSA) is 37.3 Å². The Balaban J connectivity index is 2.20. The first-order chi connectivity index (χ1) is 8.74. The van der Waals surface area contributed by atoms with Crippen molar-refractivity contribution in [2.45, 2.75) is 31.8 Å². The first-order valence-corrected chi connectivity index (χ1v) is 7.23. The van der Waals surface area contributed by atoms with E-state index in [9.17, 15) is 9.90 Å². The number of unbranched alkanes of at least 4 members (excludes halogenated alkanes) is 2. The average Bonchev–Trinajstić information content (AvgIpc) is 2.42. The molecule has 1 unspecified atom stereocenters. The lowest BCUT2D eigenvalue weighted by Gasteiger charge is -2.08. The molecule has 0 fully saturated rings. The van der Waals surface area contributed by atoms with E-state index in [1.165, 1.54) is 11.8 Å². The monoisotopic (exact) mass is 264 g/mol. The van der Waals surface area contributed by atoms with Crippen LogP contribution in [0.2, 0.25) is 0 Å². The quantitative estimate of drug-likeness (QED) is 0.575. The molecular weight excluding hydrogens is 244 g/mol. The lowest BCUT2D eigenvalue weighted by molar-refractivity contribution is 0.108. The van der Waals surface area contributed by atoms with Crippen LogP contribution in [0.1, 0.15) is 36.0 Å². The smallest absolute Gasteiger partial charge is 0.219 e. The second kappa shape index (κ2) is 8.95. The number of aliphatic hydroxyl groups is 1. The van der Waals surface area contributed by atoms with Crippen molar-refractivity contribution in [2.24, 2.45) is 0 Å². The zero-order chi connectivity index (χ0) is 13.2. The van der Waals surface area contributed by atoms with Crippen LogP contribution in [0.4, 0.5) is 0 Å². The van der Waals surface area contributed by atoms with Crippen LogP contribution in [-0.4, -0.2) is 22.1 Å². The molecule has 0 saturated heterocycles. The third-order valence-electron chi connectivity index (χ3n) is 2.61. The Morgan fingerprint density at radius 3 is 2.72 bits per heavy atom. The molecule has 98 valence electrons. The second-order valence-corrected chi connectivity index (χ2v) is 5.18. The molecule has 0 bridgehead atoms. The van der Waals surface area contributed by atoms with E-state index >= 15 is 0 Å². The molecule has 1 atom stereocenters. The molecule has 0 aliphatic heterocycles. The summed E-state index contributed by atoms with van der Waals surface area (Å²) in [6.45, 7) is 3.66. The van der Waals surface area contributed by atoms with E-state index in [-0.39, 0.29) is 5.12 Å². The summed E-state index contributed by atoms with van der Waals surface area (Å²) in [7, 11) is 0. The first kappa shape index (κ1) is 15.0. The minimum Gasteiger partial charge on any atom is -0.392 e. The van der Waals surface area contributed by atoms with Crippen molar-refractivity contribution in [2.75, 3.05) is 5.75 Å². The van der Waals surface area contributed by atoms with Gasteiger partial charge >= 0.3 is 0 Å². The Hall–Kier alpha value is -1.06. The van der Waals surface area contributed by atoms with E-state index in [4.69, 9.17) is 0 Å². The van der Waals surface area contributed by atoms with Gasteiger partial charge in [-0.1, -0.05) is 54.6 Å². The maximum atomic E-state index is 11.8. The van der Waals surface area contributed by atoms with E-state index < -0.39 is 6.10 Å². The standard InChI is InChI=1S/C15H20O2S/c1-2-3-4-8-11-14(16)12-18-15(17)13-9-6-5-7-10-13/h2,5-7,9-10,14,16H,1,3-4,8,11-12H2.